The van der Waals surface area contributed by atoms with Gasteiger partial charge in [0.25, 0.3) is 11.6 Å². The Bertz CT molecular complexity index is 1340. The molecule has 1 aromatic heterocycles. The second kappa shape index (κ2) is 8.97. The number of benzene rings is 3. The summed E-state index contributed by atoms with van der Waals surface area (Å²) < 4.78 is 5.33. The van der Waals surface area contributed by atoms with Crippen molar-refractivity contribution in [3.63, 3.8) is 0 Å². The molecule has 0 unspecified atom stereocenters. The molecule has 1 fully saturated rings. The van der Waals surface area contributed by atoms with E-state index in [1.807, 2.05) is 52.7 Å². The van der Waals surface area contributed by atoms with Crippen LogP contribution in [-0.2, 0) is 4.74 Å². The maximum Gasteiger partial charge on any atom is 0.293 e. The number of aromatic nitrogens is 1. The third-order valence-electron chi connectivity index (χ3n) is 5.58. The normalized spacial score (nSPS) is 13.8. The Balaban J connectivity index is 1.38. The van der Waals surface area contributed by atoms with Crippen LogP contribution in [0.1, 0.15) is 10.4 Å². The first kappa shape index (κ1) is 21.0. The Hall–Kier alpha value is -3.82. The summed E-state index contributed by atoms with van der Waals surface area (Å²) in [5.74, 6) is -0.439. The van der Waals surface area contributed by atoms with Gasteiger partial charge in [-0.15, -0.1) is 11.3 Å². The predicted molar refractivity (Wildman–Crippen MR) is 129 cm³/mol. The summed E-state index contributed by atoms with van der Waals surface area (Å²) >= 11 is 1.31. The summed E-state index contributed by atoms with van der Waals surface area (Å²) in [6, 6.07) is 18.6. The molecule has 2 heterocycles. The number of fused-ring (bicyclic) bond motifs is 1. The number of carbonyl (C=O) groups is 1. The third kappa shape index (κ3) is 4.28. The Morgan fingerprint density at radius 2 is 1.88 bits per heavy atom. The minimum Gasteiger partial charge on any atom is -0.378 e. The number of carbonyl (C=O) groups excluding carboxylic acids is 1. The molecular weight excluding hydrogens is 440 g/mol. The average molecular weight is 461 g/mol. The lowest BCUT2D eigenvalue weighted by molar-refractivity contribution is -0.384. The van der Waals surface area contributed by atoms with Crippen LogP contribution >= 0.6 is 11.3 Å². The van der Waals surface area contributed by atoms with E-state index in [1.165, 1.54) is 17.4 Å². The molecule has 1 amide bonds. The number of anilines is 2. The maximum atomic E-state index is 12.8. The minimum atomic E-state index is -0.455. The van der Waals surface area contributed by atoms with Crippen molar-refractivity contribution in [1.29, 1.82) is 0 Å². The number of nitrogens with one attached hydrogen (secondary N) is 1. The van der Waals surface area contributed by atoms with Crippen LogP contribution in [0.2, 0.25) is 0 Å². The molecule has 0 bridgehead atoms. The lowest BCUT2D eigenvalue weighted by atomic mass is 10.0. The molecule has 1 N–H and O–H groups in total. The monoisotopic (exact) mass is 460 g/mol. The van der Waals surface area contributed by atoms with Gasteiger partial charge in [-0.2, -0.15) is 0 Å². The lowest BCUT2D eigenvalue weighted by Gasteiger charge is -2.28. The second-order valence-electron chi connectivity index (χ2n) is 7.58. The zero-order valence-corrected chi connectivity index (χ0v) is 18.4. The molecule has 9 heteroatoms. The first-order chi connectivity index (χ1) is 16.1. The SMILES string of the molecule is O=C(Nc1nc(-c2cccc3ccccc23)cs1)c1ccc(N2CCOCC2)c([N+](=O)[O-])c1. The highest BCUT2D eigenvalue weighted by atomic mass is 32.1. The molecule has 0 spiro atoms. The van der Waals surface area contributed by atoms with Gasteiger partial charge < -0.3 is 9.64 Å². The number of nitrogens with zero attached hydrogens (tertiary/aromatic N) is 3. The van der Waals surface area contributed by atoms with Crippen LogP contribution in [-0.4, -0.2) is 42.1 Å². The summed E-state index contributed by atoms with van der Waals surface area (Å²) in [6.07, 6.45) is 0. The second-order valence-corrected chi connectivity index (χ2v) is 8.44. The summed E-state index contributed by atoms with van der Waals surface area (Å²) in [6.45, 7) is 2.18. The maximum absolute atomic E-state index is 12.8. The Morgan fingerprint density at radius 1 is 1.09 bits per heavy atom. The molecule has 4 aromatic rings. The van der Waals surface area contributed by atoms with Gasteiger partial charge in [-0.05, 0) is 22.9 Å². The molecule has 1 saturated heterocycles. The number of hydrogen-bond acceptors (Lipinski definition) is 7. The van der Waals surface area contributed by atoms with Crippen LogP contribution in [0.3, 0.4) is 0 Å². The van der Waals surface area contributed by atoms with Crippen molar-refractivity contribution in [2.75, 3.05) is 36.5 Å². The molecule has 166 valence electrons. The number of morpholine rings is 1. The number of ether oxygens (including phenoxy) is 1. The van der Waals surface area contributed by atoms with Crippen LogP contribution in [0.25, 0.3) is 22.0 Å². The number of nitro benzene ring substituents is 1. The fourth-order valence-electron chi connectivity index (χ4n) is 3.96. The molecule has 0 aliphatic carbocycles. The summed E-state index contributed by atoms with van der Waals surface area (Å²) in [4.78, 5) is 30.5. The summed E-state index contributed by atoms with van der Waals surface area (Å²) in [7, 11) is 0. The standard InChI is InChI=1S/C24H20N4O4S/c29-23(17-8-9-21(22(14-17)28(30)31)27-10-12-32-13-11-27)26-24-25-20(15-33-24)19-7-3-5-16-4-1-2-6-18(16)19/h1-9,14-15H,10-13H2,(H,25,26,29). The van der Waals surface area contributed by atoms with Crippen molar-refractivity contribution in [3.8, 4) is 11.3 Å². The molecule has 1 aliphatic heterocycles. The van der Waals surface area contributed by atoms with Crippen LogP contribution < -0.4 is 10.2 Å². The molecule has 1 aliphatic rings. The summed E-state index contributed by atoms with van der Waals surface area (Å²) in [5.41, 5.74) is 2.35. The van der Waals surface area contributed by atoms with E-state index < -0.39 is 10.8 Å². The molecule has 33 heavy (non-hydrogen) atoms. The van der Waals surface area contributed by atoms with E-state index in [-0.39, 0.29) is 11.3 Å². The molecule has 0 radical (unpaired) electrons. The highest BCUT2D eigenvalue weighted by Crippen LogP contribution is 2.32. The zero-order chi connectivity index (χ0) is 22.8. The zero-order valence-electron chi connectivity index (χ0n) is 17.6. The lowest BCUT2D eigenvalue weighted by Crippen LogP contribution is -2.36. The van der Waals surface area contributed by atoms with Crippen molar-refractivity contribution >= 4 is 44.5 Å². The highest BCUT2D eigenvalue weighted by Gasteiger charge is 2.23. The van der Waals surface area contributed by atoms with E-state index >= 15 is 0 Å². The van der Waals surface area contributed by atoms with E-state index in [9.17, 15) is 14.9 Å². The summed E-state index contributed by atoms with van der Waals surface area (Å²) in [5, 5.41) is 19.0. The Morgan fingerprint density at radius 3 is 2.70 bits per heavy atom. The molecule has 3 aromatic carbocycles. The van der Waals surface area contributed by atoms with E-state index in [0.29, 0.717) is 37.1 Å². The van der Waals surface area contributed by atoms with Gasteiger partial charge in [-0.1, -0.05) is 42.5 Å². The topological polar surface area (TPSA) is 97.6 Å². The first-order valence-electron chi connectivity index (χ1n) is 10.5. The smallest absolute Gasteiger partial charge is 0.293 e. The fraction of sp³-hybridized carbons (Fsp3) is 0.167. The van der Waals surface area contributed by atoms with Gasteiger partial charge >= 0.3 is 0 Å². The predicted octanol–water partition coefficient (Wildman–Crippen LogP) is 4.96. The van der Waals surface area contributed by atoms with E-state index in [4.69, 9.17) is 4.74 Å². The van der Waals surface area contributed by atoms with Gasteiger partial charge in [-0.25, -0.2) is 4.98 Å². The number of nitro groups is 1. The number of thiazole rings is 1. The minimum absolute atomic E-state index is 0.0971. The van der Waals surface area contributed by atoms with Crippen molar-refractivity contribution < 1.29 is 14.5 Å². The van der Waals surface area contributed by atoms with Gasteiger partial charge in [-0.3, -0.25) is 20.2 Å². The van der Waals surface area contributed by atoms with Crippen LogP contribution in [0.4, 0.5) is 16.5 Å². The van der Waals surface area contributed by atoms with Gasteiger partial charge in [0.2, 0.25) is 0 Å². The van der Waals surface area contributed by atoms with Gasteiger partial charge in [0.15, 0.2) is 5.13 Å². The number of hydrogen-bond donors (Lipinski definition) is 1. The van der Waals surface area contributed by atoms with Gasteiger partial charge in [0, 0.05) is 35.7 Å². The Kier molecular flexibility index (Phi) is 5.72. The van der Waals surface area contributed by atoms with E-state index in [2.05, 4.69) is 10.3 Å². The van der Waals surface area contributed by atoms with E-state index in [0.717, 1.165) is 22.0 Å². The third-order valence-corrected chi connectivity index (χ3v) is 6.33. The van der Waals surface area contributed by atoms with Crippen molar-refractivity contribution in [3.05, 3.63) is 81.7 Å². The molecule has 8 nitrogen and oxygen atoms in total. The highest BCUT2D eigenvalue weighted by molar-refractivity contribution is 7.14. The van der Waals surface area contributed by atoms with Crippen LogP contribution in [0.5, 0.6) is 0 Å². The molecule has 0 atom stereocenters. The van der Waals surface area contributed by atoms with Crippen molar-refractivity contribution in [1.82, 2.24) is 4.98 Å². The van der Waals surface area contributed by atoms with E-state index in [1.54, 1.807) is 12.1 Å². The first-order valence-corrected chi connectivity index (χ1v) is 11.3. The van der Waals surface area contributed by atoms with Crippen molar-refractivity contribution in [2.45, 2.75) is 0 Å². The Labute approximate surface area is 193 Å². The van der Waals surface area contributed by atoms with Crippen LogP contribution in [0, 0.1) is 10.1 Å². The molecular formula is C24H20N4O4S. The number of rotatable bonds is 5. The van der Waals surface area contributed by atoms with Gasteiger partial charge in [0.1, 0.15) is 5.69 Å². The molecule has 5 rings (SSSR count). The largest absolute Gasteiger partial charge is 0.378 e. The van der Waals surface area contributed by atoms with Crippen molar-refractivity contribution in [2.24, 2.45) is 0 Å². The van der Waals surface area contributed by atoms with Gasteiger partial charge in [0.05, 0.1) is 23.8 Å². The fourth-order valence-corrected chi connectivity index (χ4v) is 4.66. The average Bonchev–Trinajstić information content (AvgIpc) is 3.32. The van der Waals surface area contributed by atoms with Crippen LogP contribution in [0.15, 0.2) is 66.0 Å². The number of amides is 1. The molecule has 0 saturated carbocycles. The quantitative estimate of drug-likeness (QED) is 0.334.